The predicted octanol–water partition coefficient (Wildman–Crippen LogP) is 3.30. The zero-order chi connectivity index (χ0) is 19.6. The van der Waals surface area contributed by atoms with E-state index in [0.717, 1.165) is 30.5 Å². The summed E-state index contributed by atoms with van der Waals surface area (Å²) in [4.78, 5) is 15.4. The molecule has 0 aromatic carbocycles. The maximum absolute atomic E-state index is 10.5. The first-order chi connectivity index (χ1) is 13.0. The van der Waals surface area contributed by atoms with Gasteiger partial charge in [-0.3, -0.25) is 10.3 Å². The molecule has 3 unspecified atom stereocenters. The maximum atomic E-state index is 10.5. The van der Waals surface area contributed by atoms with Crippen molar-refractivity contribution in [2.45, 2.75) is 83.3 Å². The van der Waals surface area contributed by atoms with Crippen molar-refractivity contribution in [3.05, 3.63) is 23.4 Å². The number of hydrogen-bond donors (Lipinski definition) is 4. The molecule has 154 valence electrons. The Morgan fingerprint density at radius 3 is 2.63 bits per heavy atom. The Hall–Kier alpha value is -1.37. The van der Waals surface area contributed by atoms with Gasteiger partial charge >= 0.3 is 5.97 Å². The fourth-order valence-electron chi connectivity index (χ4n) is 3.99. The van der Waals surface area contributed by atoms with Crippen molar-refractivity contribution in [1.29, 1.82) is 0 Å². The van der Waals surface area contributed by atoms with Crippen molar-refractivity contribution in [2.24, 2.45) is 11.8 Å². The molecule has 0 spiro atoms. The van der Waals surface area contributed by atoms with Gasteiger partial charge in [0.25, 0.3) is 0 Å². The average molecular weight is 382 g/mol. The molecule has 0 heterocycles. The van der Waals surface area contributed by atoms with E-state index in [9.17, 15) is 15.0 Å². The van der Waals surface area contributed by atoms with Gasteiger partial charge in [-0.25, -0.2) is 4.79 Å². The van der Waals surface area contributed by atoms with Gasteiger partial charge in [0.1, 0.15) is 0 Å². The van der Waals surface area contributed by atoms with Crippen LogP contribution in [0.5, 0.6) is 0 Å². The van der Waals surface area contributed by atoms with Crippen LogP contribution >= 0.6 is 0 Å². The van der Waals surface area contributed by atoms with E-state index in [1.54, 1.807) is 0 Å². The van der Waals surface area contributed by atoms with Gasteiger partial charge in [0, 0.05) is 17.5 Å². The van der Waals surface area contributed by atoms with E-state index in [4.69, 9.17) is 9.94 Å². The third-order valence-corrected chi connectivity index (χ3v) is 5.64. The molecule has 6 heteroatoms. The van der Waals surface area contributed by atoms with E-state index in [1.807, 2.05) is 12.2 Å². The highest BCUT2D eigenvalue weighted by Gasteiger charge is 2.45. The van der Waals surface area contributed by atoms with Crippen molar-refractivity contribution in [3.8, 4) is 0 Å². The van der Waals surface area contributed by atoms with Crippen LogP contribution in [-0.4, -0.2) is 40.1 Å². The summed E-state index contributed by atoms with van der Waals surface area (Å²) in [5.74, 6) is -0.894. The van der Waals surface area contributed by atoms with Gasteiger partial charge in [-0.15, -0.1) is 0 Å². The Morgan fingerprint density at radius 2 is 1.93 bits per heavy atom. The quantitative estimate of drug-likeness (QED) is 0.209. The second kappa shape index (κ2) is 11.5. The first-order valence-corrected chi connectivity index (χ1v) is 10.4. The molecule has 0 saturated heterocycles. The standard InChI is InChI=1S/C21H35NO5/c1-2-3-4-5-6-7-8-9-16(23)11-10-15-12-17-18(21(15)26)13-19(17)22-27-14-20(24)25/h10-11,15-16,18,21-23,26H,2-9,12-14H2,1H3,(H,24,25)/t15?,16?,18-,21?/m1/s1. The number of allylic oxidation sites excluding steroid dienone is 1. The number of aliphatic hydroxyl groups is 2. The smallest absolute Gasteiger partial charge is 0.332 e. The van der Waals surface area contributed by atoms with Crippen LogP contribution in [0.1, 0.15) is 71.1 Å². The molecule has 4 atom stereocenters. The number of hydroxylamine groups is 1. The van der Waals surface area contributed by atoms with Crippen molar-refractivity contribution in [2.75, 3.05) is 6.61 Å². The van der Waals surface area contributed by atoms with Gasteiger partial charge < -0.3 is 15.3 Å². The highest BCUT2D eigenvalue weighted by Crippen LogP contribution is 2.48. The lowest BCUT2D eigenvalue weighted by Crippen LogP contribution is -2.32. The molecule has 1 fully saturated rings. The zero-order valence-corrected chi connectivity index (χ0v) is 16.4. The molecule has 27 heavy (non-hydrogen) atoms. The number of aliphatic carboxylic acids is 1. The van der Waals surface area contributed by atoms with E-state index in [0.29, 0.717) is 6.42 Å². The minimum absolute atomic E-state index is 0.00691. The number of nitrogens with one attached hydrogen (secondary N) is 1. The van der Waals surface area contributed by atoms with Gasteiger partial charge in [-0.2, -0.15) is 0 Å². The van der Waals surface area contributed by atoms with Gasteiger partial charge in [-0.05, 0) is 24.8 Å². The fourth-order valence-corrected chi connectivity index (χ4v) is 3.99. The van der Waals surface area contributed by atoms with Crippen molar-refractivity contribution in [1.82, 2.24) is 5.48 Å². The van der Waals surface area contributed by atoms with E-state index in [-0.39, 0.29) is 11.8 Å². The zero-order valence-electron chi connectivity index (χ0n) is 16.4. The third kappa shape index (κ3) is 6.94. The predicted molar refractivity (Wildman–Crippen MR) is 104 cm³/mol. The summed E-state index contributed by atoms with van der Waals surface area (Å²) in [7, 11) is 0. The van der Waals surface area contributed by atoms with Gasteiger partial charge in [0.2, 0.25) is 0 Å². The normalized spacial score (nSPS) is 25.5. The molecular weight excluding hydrogens is 346 g/mol. The van der Waals surface area contributed by atoms with Crippen LogP contribution < -0.4 is 5.48 Å². The number of carboxylic acid groups (broad SMARTS) is 1. The Kier molecular flexibility index (Phi) is 9.31. The van der Waals surface area contributed by atoms with Crippen LogP contribution in [0.2, 0.25) is 0 Å². The van der Waals surface area contributed by atoms with Crippen LogP contribution in [0.15, 0.2) is 23.4 Å². The SMILES string of the molecule is CCCCCCCCCC(O)C=CC1CC2=C(NOCC(=O)O)C[C@H]2C1O. The molecule has 0 aromatic heterocycles. The summed E-state index contributed by atoms with van der Waals surface area (Å²) in [5, 5.41) is 29.1. The number of unbranched alkanes of at least 4 members (excludes halogenated alkanes) is 6. The number of carbonyl (C=O) groups is 1. The lowest BCUT2D eigenvalue weighted by Gasteiger charge is -2.30. The average Bonchev–Trinajstić information content (AvgIpc) is 2.86. The molecule has 0 amide bonds. The number of fused-ring (bicyclic) bond motifs is 1. The molecule has 1 saturated carbocycles. The number of hydrogen-bond acceptors (Lipinski definition) is 5. The Labute approximate surface area is 162 Å². The maximum Gasteiger partial charge on any atom is 0.332 e. The first kappa shape index (κ1) is 21.9. The lowest BCUT2D eigenvalue weighted by atomic mass is 9.83. The molecule has 0 radical (unpaired) electrons. The second-order valence-electron chi connectivity index (χ2n) is 7.82. The van der Waals surface area contributed by atoms with Crippen LogP contribution in [0.25, 0.3) is 0 Å². The number of carboxylic acids is 1. The molecule has 2 rings (SSSR count). The lowest BCUT2D eigenvalue weighted by molar-refractivity contribution is -0.144. The van der Waals surface area contributed by atoms with Crippen LogP contribution in [0.4, 0.5) is 0 Å². The van der Waals surface area contributed by atoms with E-state index >= 15 is 0 Å². The number of rotatable bonds is 14. The Bertz CT molecular complexity index is 531. The third-order valence-electron chi connectivity index (χ3n) is 5.64. The molecule has 0 bridgehead atoms. The number of aliphatic hydroxyl groups excluding tert-OH is 2. The van der Waals surface area contributed by atoms with Crippen LogP contribution in [0.3, 0.4) is 0 Å². The topological polar surface area (TPSA) is 99.0 Å². The summed E-state index contributed by atoms with van der Waals surface area (Å²) in [6.45, 7) is 1.83. The summed E-state index contributed by atoms with van der Waals surface area (Å²) >= 11 is 0. The largest absolute Gasteiger partial charge is 0.479 e. The van der Waals surface area contributed by atoms with Crippen LogP contribution in [-0.2, 0) is 9.63 Å². The monoisotopic (exact) mass is 381 g/mol. The van der Waals surface area contributed by atoms with Gasteiger partial charge in [-0.1, -0.05) is 64.0 Å². The van der Waals surface area contributed by atoms with Gasteiger partial charge in [0.15, 0.2) is 6.61 Å². The van der Waals surface area contributed by atoms with E-state index < -0.39 is 24.8 Å². The van der Waals surface area contributed by atoms with Crippen molar-refractivity contribution < 1.29 is 25.0 Å². The molecule has 2 aliphatic rings. The fraction of sp³-hybridized carbons (Fsp3) is 0.762. The molecule has 0 aliphatic heterocycles. The second-order valence-corrected chi connectivity index (χ2v) is 7.82. The minimum Gasteiger partial charge on any atom is -0.479 e. The summed E-state index contributed by atoms with van der Waals surface area (Å²) in [6, 6.07) is 0. The van der Waals surface area contributed by atoms with Crippen molar-refractivity contribution >= 4 is 5.97 Å². The first-order valence-electron chi connectivity index (χ1n) is 10.4. The van der Waals surface area contributed by atoms with Crippen LogP contribution in [0, 0.1) is 11.8 Å². The Balaban J connectivity index is 1.65. The molecule has 6 nitrogen and oxygen atoms in total. The molecule has 2 aliphatic carbocycles. The van der Waals surface area contributed by atoms with Crippen molar-refractivity contribution in [3.63, 3.8) is 0 Å². The summed E-state index contributed by atoms with van der Waals surface area (Å²) in [5.41, 5.74) is 4.70. The summed E-state index contributed by atoms with van der Waals surface area (Å²) in [6.07, 6.45) is 13.7. The Morgan fingerprint density at radius 1 is 1.22 bits per heavy atom. The highest BCUT2D eigenvalue weighted by molar-refractivity contribution is 5.67. The molecule has 4 N–H and O–H groups in total. The van der Waals surface area contributed by atoms with Gasteiger partial charge in [0.05, 0.1) is 12.2 Å². The van der Waals surface area contributed by atoms with E-state index in [1.165, 1.54) is 38.5 Å². The summed E-state index contributed by atoms with van der Waals surface area (Å²) < 4.78 is 0. The van der Waals surface area contributed by atoms with E-state index in [2.05, 4.69) is 12.4 Å². The highest BCUT2D eigenvalue weighted by atomic mass is 16.7. The molecular formula is C21H35NO5. The minimum atomic E-state index is -1.02. The molecule has 0 aromatic rings.